The molecule has 0 unspecified atom stereocenters. The van der Waals surface area contributed by atoms with E-state index in [9.17, 15) is 4.79 Å². The number of hydrogen-bond donors (Lipinski definition) is 2. The molecule has 2 aliphatic carbocycles. The summed E-state index contributed by atoms with van der Waals surface area (Å²) >= 11 is 0. The van der Waals surface area contributed by atoms with E-state index < -0.39 is 0 Å². The van der Waals surface area contributed by atoms with Gasteiger partial charge in [-0.2, -0.15) is 0 Å². The molecule has 100 valence electrons. The van der Waals surface area contributed by atoms with Crippen LogP contribution in [0, 0.1) is 5.92 Å². The lowest BCUT2D eigenvalue weighted by Gasteiger charge is -2.39. The Balaban J connectivity index is 1.52. The number of nitrogens with zero attached hydrogens (tertiary/aromatic N) is 1. The van der Waals surface area contributed by atoms with E-state index in [0.29, 0.717) is 12.0 Å². The van der Waals surface area contributed by atoms with Crippen LogP contribution in [0.5, 0.6) is 0 Å². The van der Waals surface area contributed by atoms with Crippen LogP contribution < -0.4 is 11.1 Å². The van der Waals surface area contributed by atoms with Gasteiger partial charge in [0.1, 0.15) is 0 Å². The zero-order valence-corrected chi connectivity index (χ0v) is 10.9. The lowest BCUT2D eigenvalue weighted by Crippen LogP contribution is -2.55. The summed E-state index contributed by atoms with van der Waals surface area (Å²) in [6.07, 6.45) is 11.0. The lowest BCUT2D eigenvalue weighted by molar-refractivity contribution is 0.187. The highest BCUT2D eigenvalue weighted by atomic mass is 16.2. The molecule has 1 saturated heterocycles. The van der Waals surface area contributed by atoms with E-state index in [2.05, 4.69) is 17.5 Å². The highest BCUT2D eigenvalue weighted by molar-refractivity contribution is 5.75. The molecule has 4 heteroatoms. The fourth-order valence-corrected chi connectivity index (χ4v) is 3.43. The number of likely N-dealkylation sites (tertiary alicyclic amines) is 1. The molecule has 18 heavy (non-hydrogen) atoms. The van der Waals surface area contributed by atoms with Crippen molar-refractivity contribution in [1.29, 1.82) is 0 Å². The third-order valence-corrected chi connectivity index (χ3v) is 4.84. The highest BCUT2D eigenvalue weighted by Crippen LogP contribution is 2.42. The molecule has 3 N–H and O–H groups in total. The van der Waals surface area contributed by atoms with Gasteiger partial charge in [0, 0.05) is 24.7 Å². The zero-order valence-electron chi connectivity index (χ0n) is 10.9. The van der Waals surface area contributed by atoms with E-state index in [4.69, 9.17) is 5.73 Å². The van der Waals surface area contributed by atoms with E-state index >= 15 is 0 Å². The highest BCUT2D eigenvalue weighted by Gasteiger charge is 2.51. The molecule has 0 spiro atoms. The smallest absolute Gasteiger partial charge is 0.317 e. The van der Waals surface area contributed by atoms with E-state index in [1.54, 1.807) is 0 Å². The van der Waals surface area contributed by atoms with Crippen molar-refractivity contribution in [3.63, 3.8) is 0 Å². The maximum absolute atomic E-state index is 12.2. The van der Waals surface area contributed by atoms with Gasteiger partial charge in [-0.15, -0.1) is 0 Å². The second-order valence-electron chi connectivity index (χ2n) is 6.12. The van der Waals surface area contributed by atoms with Crippen molar-refractivity contribution in [2.75, 3.05) is 13.1 Å². The number of allylic oxidation sites excluding steroid dienone is 2. The minimum Gasteiger partial charge on any atom is -0.335 e. The number of nitrogens with two attached hydrogens (primary N) is 1. The Morgan fingerprint density at radius 2 is 2.00 bits per heavy atom. The molecule has 2 atom stereocenters. The van der Waals surface area contributed by atoms with Gasteiger partial charge in [0.2, 0.25) is 0 Å². The molecule has 2 fully saturated rings. The lowest BCUT2D eigenvalue weighted by atomic mass is 9.70. The van der Waals surface area contributed by atoms with E-state index in [1.165, 1.54) is 6.42 Å². The van der Waals surface area contributed by atoms with Crippen LogP contribution in [0.1, 0.15) is 38.5 Å². The van der Waals surface area contributed by atoms with E-state index in [0.717, 1.165) is 45.2 Å². The number of hydrogen-bond acceptors (Lipinski definition) is 2. The van der Waals surface area contributed by atoms with Crippen molar-refractivity contribution in [3.05, 3.63) is 12.2 Å². The molecular weight excluding hydrogens is 226 g/mol. The minimum atomic E-state index is -0.0671. The van der Waals surface area contributed by atoms with Crippen molar-refractivity contribution in [3.8, 4) is 0 Å². The van der Waals surface area contributed by atoms with Crippen LogP contribution in [0.4, 0.5) is 4.79 Å². The fraction of sp³-hybridized carbons (Fsp3) is 0.786. The molecule has 2 amide bonds. The molecule has 0 aromatic heterocycles. The van der Waals surface area contributed by atoms with Crippen LogP contribution in [0.15, 0.2) is 12.2 Å². The average molecular weight is 249 g/mol. The predicted octanol–water partition coefficient (Wildman–Crippen LogP) is 1.62. The monoisotopic (exact) mass is 249 g/mol. The molecule has 3 aliphatic rings. The summed E-state index contributed by atoms with van der Waals surface area (Å²) in [5, 5.41) is 3.18. The van der Waals surface area contributed by atoms with Crippen molar-refractivity contribution < 1.29 is 4.79 Å². The number of rotatable bonds is 1. The summed E-state index contributed by atoms with van der Waals surface area (Å²) in [6.45, 7) is 1.60. The molecule has 0 aromatic carbocycles. The standard InChI is InChI=1S/C14H23N3O/c15-14-8-7-11(14)9-17(10-14)13(18)16-12-5-3-1-2-4-6-12/h1-2,11-12H,3-10,15H2,(H,16,18)/t11-,14-/m0/s1. The van der Waals surface area contributed by atoms with Gasteiger partial charge in [0.05, 0.1) is 0 Å². The summed E-state index contributed by atoms with van der Waals surface area (Å²) in [7, 11) is 0. The maximum atomic E-state index is 12.2. The van der Waals surface area contributed by atoms with Gasteiger partial charge in [0.15, 0.2) is 0 Å². The molecule has 1 aliphatic heterocycles. The van der Waals surface area contributed by atoms with Crippen molar-refractivity contribution in [2.24, 2.45) is 11.7 Å². The largest absolute Gasteiger partial charge is 0.335 e. The van der Waals surface area contributed by atoms with Crippen molar-refractivity contribution in [1.82, 2.24) is 10.2 Å². The molecular formula is C14H23N3O. The van der Waals surface area contributed by atoms with Gasteiger partial charge in [0.25, 0.3) is 0 Å². The molecule has 1 saturated carbocycles. The Labute approximate surface area is 109 Å². The van der Waals surface area contributed by atoms with Crippen LogP contribution in [0.25, 0.3) is 0 Å². The van der Waals surface area contributed by atoms with Crippen molar-refractivity contribution >= 4 is 6.03 Å². The number of carbonyl (C=O) groups excluding carboxylic acids is 1. The second-order valence-corrected chi connectivity index (χ2v) is 6.12. The average Bonchev–Trinajstić information content (AvgIpc) is 2.54. The summed E-state index contributed by atoms with van der Waals surface area (Å²) < 4.78 is 0. The predicted molar refractivity (Wildman–Crippen MR) is 71.1 cm³/mol. The normalized spacial score (nSPS) is 35.8. The molecule has 0 bridgehead atoms. The van der Waals surface area contributed by atoms with E-state index in [1.807, 2.05) is 4.90 Å². The van der Waals surface area contributed by atoms with E-state index in [-0.39, 0.29) is 11.6 Å². The summed E-state index contributed by atoms with van der Waals surface area (Å²) in [5.41, 5.74) is 6.20. The first-order valence-electron chi connectivity index (χ1n) is 7.17. The van der Waals surface area contributed by atoms with Crippen LogP contribution >= 0.6 is 0 Å². The molecule has 0 aromatic rings. The summed E-state index contributed by atoms with van der Waals surface area (Å²) in [4.78, 5) is 14.2. The Hall–Kier alpha value is -1.03. The molecule has 4 nitrogen and oxygen atoms in total. The Bertz CT molecular complexity index is 358. The van der Waals surface area contributed by atoms with Gasteiger partial charge in [-0.05, 0) is 44.4 Å². The quantitative estimate of drug-likeness (QED) is 0.694. The number of urea groups is 1. The van der Waals surface area contributed by atoms with Gasteiger partial charge in [-0.1, -0.05) is 12.2 Å². The summed E-state index contributed by atoms with van der Waals surface area (Å²) in [6, 6.07) is 0.431. The maximum Gasteiger partial charge on any atom is 0.317 e. The molecule has 1 heterocycles. The number of amides is 2. The first-order chi connectivity index (χ1) is 8.67. The zero-order chi connectivity index (χ0) is 12.6. The first-order valence-corrected chi connectivity index (χ1v) is 7.17. The number of fused-ring (bicyclic) bond motifs is 1. The Morgan fingerprint density at radius 3 is 2.50 bits per heavy atom. The number of carbonyl (C=O) groups is 1. The van der Waals surface area contributed by atoms with Crippen LogP contribution in [-0.4, -0.2) is 35.6 Å². The fourth-order valence-electron chi connectivity index (χ4n) is 3.43. The SMILES string of the molecule is N[C@]12CC[C@H]1CN(C(=O)NC1CCC=CCC1)C2. The van der Waals surface area contributed by atoms with Crippen LogP contribution in [-0.2, 0) is 0 Å². The topological polar surface area (TPSA) is 58.4 Å². The van der Waals surface area contributed by atoms with Gasteiger partial charge >= 0.3 is 6.03 Å². The molecule has 3 rings (SSSR count). The van der Waals surface area contributed by atoms with Crippen LogP contribution in [0.3, 0.4) is 0 Å². The summed E-state index contributed by atoms with van der Waals surface area (Å²) in [5.74, 6) is 0.541. The Morgan fingerprint density at radius 1 is 1.28 bits per heavy atom. The van der Waals surface area contributed by atoms with Gasteiger partial charge in [-0.3, -0.25) is 0 Å². The molecule has 0 radical (unpaired) electrons. The van der Waals surface area contributed by atoms with Crippen LogP contribution in [0.2, 0.25) is 0 Å². The minimum absolute atomic E-state index is 0.0671. The third-order valence-electron chi connectivity index (χ3n) is 4.84. The number of nitrogens with one attached hydrogen (secondary N) is 1. The van der Waals surface area contributed by atoms with Gasteiger partial charge < -0.3 is 16.0 Å². The van der Waals surface area contributed by atoms with Crippen molar-refractivity contribution in [2.45, 2.75) is 50.1 Å². The second kappa shape index (κ2) is 4.57. The third kappa shape index (κ3) is 2.14. The first kappa shape index (κ1) is 12.0. The van der Waals surface area contributed by atoms with Gasteiger partial charge in [-0.25, -0.2) is 4.79 Å². The Kier molecular flexibility index (Phi) is 3.06.